The minimum absolute atomic E-state index is 0.381. The predicted molar refractivity (Wildman–Crippen MR) is 79.7 cm³/mol. The van der Waals surface area contributed by atoms with Gasteiger partial charge in [-0.25, -0.2) is 4.98 Å². The SMILES string of the molecule is Cc1cc(NC(C)C)nc(NCCN2CCCC2)n1. The number of hydrogen-bond acceptors (Lipinski definition) is 5. The molecular weight excluding hydrogens is 238 g/mol. The zero-order chi connectivity index (χ0) is 13.7. The van der Waals surface area contributed by atoms with Gasteiger partial charge in [0.1, 0.15) is 5.82 Å². The van der Waals surface area contributed by atoms with Gasteiger partial charge in [-0.15, -0.1) is 0 Å². The second-order valence-electron chi connectivity index (χ2n) is 5.49. The molecule has 0 radical (unpaired) electrons. The summed E-state index contributed by atoms with van der Waals surface area (Å²) in [5.41, 5.74) is 0.988. The quantitative estimate of drug-likeness (QED) is 0.823. The Hall–Kier alpha value is -1.36. The molecule has 1 aromatic rings. The van der Waals surface area contributed by atoms with Gasteiger partial charge in [-0.1, -0.05) is 0 Å². The first-order chi connectivity index (χ1) is 9.13. The van der Waals surface area contributed by atoms with Crippen LogP contribution in [0.15, 0.2) is 6.07 Å². The van der Waals surface area contributed by atoms with Crippen molar-refractivity contribution in [2.45, 2.75) is 39.7 Å². The maximum Gasteiger partial charge on any atom is 0.224 e. The average molecular weight is 263 g/mol. The number of aromatic nitrogens is 2. The van der Waals surface area contributed by atoms with Gasteiger partial charge in [-0.05, 0) is 46.7 Å². The molecule has 0 spiro atoms. The lowest BCUT2D eigenvalue weighted by atomic mass is 10.3. The Kier molecular flexibility index (Phi) is 4.96. The Bertz CT molecular complexity index is 399. The van der Waals surface area contributed by atoms with Crippen LogP contribution in [0.25, 0.3) is 0 Å². The van der Waals surface area contributed by atoms with Gasteiger partial charge < -0.3 is 15.5 Å². The summed E-state index contributed by atoms with van der Waals surface area (Å²) < 4.78 is 0. The minimum Gasteiger partial charge on any atom is -0.368 e. The molecule has 0 bridgehead atoms. The molecule has 0 atom stereocenters. The molecule has 2 N–H and O–H groups in total. The van der Waals surface area contributed by atoms with Gasteiger partial charge in [0.25, 0.3) is 0 Å². The number of nitrogens with one attached hydrogen (secondary N) is 2. The van der Waals surface area contributed by atoms with E-state index in [2.05, 4.69) is 39.3 Å². The largest absolute Gasteiger partial charge is 0.368 e. The second kappa shape index (κ2) is 6.70. The van der Waals surface area contributed by atoms with E-state index in [1.165, 1.54) is 25.9 Å². The molecular formula is C14H25N5. The smallest absolute Gasteiger partial charge is 0.224 e. The van der Waals surface area contributed by atoms with Crippen LogP contribution in [0.2, 0.25) is 0 Å². The van der Waals surface area contributed by atoms with Crippen LogP contribution < -0.4 is 10.6 Å². The van der Waals surface area contributed by atoms with Crippen LogP contribution in [0.3, 0.4) is 0 Å². The highest BCUT2D eigenvalue weighted by atomic mass is 15.2. The van der Waals surface area contributed by atoms with E-state index in [0.29, 0.717) is 6.04 Å². The van der Waals surface area contributed by atoms with Crippen molar-refractivity contribution in [3.63, 3.8) is 0 Å². The molecule has 5 nitrogen and oxygen atoms in total. The molecule has 2 rings (SSSR count). The summed E-state index contributed by atoms with van der Waals surface area (Å²) in [6, 6.07) is 2.36. The molecule has 0 amide bonds. The zero-order valence-corrected chi connectivity index (χ0v) is 12.2. The number of aryl methyl sites for hydroxylation is 1. The highest BCUT2D eigenvalue weighted by Gasteiger charge is 2.10. The lowest BCUT2D eigenvalue weighted by molar-refractivity contribution is 0.352. The first kappa shape index (κ1) is 14.1. The zero-order valence-electron chi connectivity index (χ0n) is 12.2. The summed E-state index contributed by atoms with van der Waals surface area (Å²) in [6.07, 6.45) is 2.67. The normalized spacial score (nSPS) is 16.0. The van der Waals surface area contributed by atoms with E-state index in [1.807, 2.05) is 13.0 Å². The summed E-state index contributed by atoms with van der Waals surface area (Å²) in [6.45, 7) is 10.7. The Morgan fingerprint density at radius 1 is 1.26 bits per heavy atom. The lowest BCUT2D eigenvalue weighted by Crippen LogP contribution is -2.26. The fourth-order valence-electron chi connectivity index (χ4n) is 2.35. The fraction of sp³-hybridized carbons (Fsp3) is 0.714. The van der Waals surface area contributed by atoms with Crippen LogP contribution in [-0.2, 0) is 0 Å². The standard InChI is InChI=1S/C14H25N5/c1-11(2)16-13-10-12(3)17-14(18-13)15-6-9-19-7-4-5-8-19/h10-11H,4-9H2,1-3H3,(H2,15,16,17,18). The van der Waals surface area contributed by atoms with Crippen molar-refractivity contribution in [1.29, 1.82) is 0 Å². The van der Waals surface area contributed by atoms with Gasteiger partial charge in [-0.2, -0.15) is 4.98 Å². The van der Waals surface area contributed by atoms with Crippen LogP contribution in [0.1, 0.15) is 32.4 Å². The molecule has 1 fully saturated rings. The Morgan fingerprint density at radius 2 is 2.00 bits per heavy atom. The van der Waals surface area contributed by atoms with E-state index in [-0.39, 0.29) is 0 Å². The third-order valence-corrected chi connectivity index (χ3v) is 3.20. The lowest BCUT2D eigenvalue weighted by Gasteiger charge is -2.15. The summed E-state index contributed by atoms with van der Waals surface area (Å²) in [5, 5.41) is 6.64. The van der Waals surface area contributed by atoms with Crippen molar-refractivity contribution in [2.24, 2.45) is 0 Å². The molecule has 1 aromatic heterocycles. The highest BCUT2D eigenvalue weighted by molar-refractivity contribution is 5.42. The number of nitrogens with zero attached hydrogens (tertiary/aromatic N) is 3. The molecule has 5 heteroatoms. The van der Waals surface area contributed by atoms with Crippen LogP contribution in [0.4, 0.5) is 11.8 Å². The first-order valence-electron chi connectivity index (χ1n) is 7.22. The van der Waals surface area contributed by atoms with E-state index in [4.69, 9.17) is 0 Å². The molecule has 1 aliphatic rings. The Morgan fingerprint density at radius 3 is 2.68 bits per heavy atom. The summed E-state index contributed by atoms with van der Waals surface area (Å²) in [4.78, 5) is 11.4. The molecule has 0 aromatic carbocycles. The summed E-state index contributed by atoms with van der Waals surface area (Å²) in [5.74, 6) is 1.62. The average Bonchev–Trinajstić information content (AvgIpc) is 2.80. The van der Waals surface area contributed by atoms with E-state index in [1.54, 1.807) is 0 Å². The van der Waals surface area contributed by atoms with E-state index >= 15 is 0 Å². The molecule has 106 valence electrons. The van der Waals surface area contributed by atoms with Crippen molar-refractivity contribution in [3.8, 4) is 0 Å². The third kappa shape index (κ3) is 4.67. The maximum absolute atomic E-state index is 4.49. The van der Waals surface area contributed by atoms with Crippen LogP contribution in [0, 0.1) is 6.92 Å². The second-order valence-corrected chi connectivity index (χ2v) is 5.49. The minimum atomic E-state index is 0.381. The first-order valence-corrected chi connectivity index (χ1v) is 7.22. The van der Waals surface area contributed by atoms with E-state index < -0.39 is 0 Å². The van der Waals surface area contributed by atoms with Crippen molar-refractivity contribution in [3.05, 3.63) is 11.8 Å². The fourth-order valence-corrected chi connectivity index (χ4v) is 2.35. The van der Waals surface area contributed by atoms with E-state index in [9.17, 15) is 0 Å². The summed E-state index contributed by atoms with van der Waals surface area (Å²) in [7, 11) is 0. The topological polar surface area (TPSA) is 53.1 Å². The van der Waals surface area contributed by atoms with Crippen LogP contribution >= 0.6 is 0 Å². The van der Waals surface area contributed by atoms with Crippen LogP contribution in [-0.4, -0.2) is 47.1 Å². The number of likely N-dealkylation sites (tertiary alicyclic amines) is 1. The van der Waals surface area contributed by atoms with Gasteiger partial charge in [0.15, 0.2) is 0 Å². The van der Waals surface area contributed by atoms with Crippen molar-refractivity contribution in [2.75, 3.05) is 36.8 Å². The molecule has 19 heavy (non-hydrogen) atoms. The molecule has 1 saturated heterocycles. The number of rotatable bonds is 6. The Balaban J connectivity index is 1.86. The third-order valence-electron chi connectivity index (χ3n) is 3.20. The molecule has 0 aliphatic carbocycles. The molecule has 0 saturated carbocycles. The molecule has 1 aliphatic heterocycles. The predicted octanol–water partition coefficient (Wildman–Crippen LogP) is 2.11. The van der Waals surface area contributed by atoms with Gasteiger partial charge in [0, 0.05) is 30.9 Å². The Labute approximate surface area is 115 Å². The van der Waals surface area contributed by atoms with Gasteiger partial charge in [-0.3, -0.25) is 0 Å². The highest BCUT2D eigenvalue weighted by Crippen LogP contribution is 2.11. The van der Waals surface area contributed by atoms with Crippen molar-refractivity contribution in [1.82, 2.24) is 14.9 Å². The van der Waals surface area contributed by atoms with Gasteiger partial charge in [0.05, 0.1) is 0 Å². The number of anilines is 2. The van der Waals surface area contributed by atoms with Crippen LogP contribution in [0.5, 0.6) is 0 Å². The van der Waals surface area contributed by atoms with Gasteiger partial charge in [0.2, 0.25) is 5.95 Å². The monoisotopic (exact) mass is 263 g/mol. The molecule has 2 heterocycles. The molecule has 0 unspecified atom stereocenters. The summed E-state index contributed by atoms with van der Waals surface area (Å²) >= 11 is 0. The van der Waals surface area contributed by atoms with Gasteiger partial charge >= 0.3 is 0 Å². The van der Waals surface area contributed by atoms with Crippen molar-refractivity contribution >= 4 is 11.8 Å². The number of hydrogen-bond donors (Lipinski definition) is 2. The maximum atomic E-state index is 4.49. The van der Waals surface area contributed by atoms with Crippen molar-refractivity contribution < 1.29 is 0 Å². The van der Waals surface area contributed by atoms with E-state index in [0.717, 1.165) is 30.5 Å².